The maximum atomic E-state index is 8.87. The fourth-order valence-electron chi connectivity index (χ4n) is 8.39. The Bertz CT molecular complexity index is 3210. The van der Waals surface area contributed by atoms with Crippen molar-refractivity contribution in [3.63, 3.8) is 0 Å². The van der Waals surface area contributed by atoms with Crippen LogP contribution in [0.2, 0.25) is 19.6 Å². The predicted octanol–water partition coefficient (Wildman–Crippen LogP) is 15.3. The van der Waals surface area contributed by atoms with Gasteiger partial charge in [0, 0.05) is 43.7 Å². The molecule has 63 heavy (non-hydrogen) atoms. The third-order valence-electron chi connectivity index (χ3n) is 11.1. The number of pyridine rings is 1. The Balaban J connectivity index is 0.000000215. The molecule has 1 radical (unpaired) electrons. The van der Waals surface area contributed by atoms with Crippen LogP contribution in [0.3, 0.4) is 0 Å². The molecule has 0 N–H and O–H groups in total. The number of hydrogen-bond donors (Lipinski definition) is 0. The summed E-state index contributed by atoms with van der Waals surface area (Å²) in [5.41, 5.74) is 11.8. The SMILES string of the molecule is CC(C)c1cc(-c2ccccc2)cc(C(C)C)c1-n1c(-c2[c-]ccc3c2oc2ccccc23)nc2ccccc21.[2H]C([2H])([2H])c1nc(-c2[c-]cccc2)cc(C([2H])([2H])C(C)(C)C)c1[Si](C)(C)C.[Ir]. The maximum absolute atomic E-state index is 8.87. The standard InChI is InChI=1S/C37H31N2O.C20H28NSi.Ir/c1-23(2)30-21-26(25-13-6-5-7-14-25)22-31(24(3)4)35(30)39-33-19-10-9-18-32(33)38-37(39)29-17-12-16-28-27-15-8-11-20-34(27)40-36(28)29;1-15-19(22(5,6)7)17(14-20(2,3)4)13-18(21-15)16-11-9-8-10-12-16;/h5-16,18-24H,1-4H3;8-11,13H,14H2,1-7H3;/q2*-1;/i;1D3,14D2;. The normalized spacial score (nSPS) is 13.6. The molecule has 4 nitrogen and oxygen atoms in total. The van der Waals surface area contributed by atoms with Gasteiger partial charge in [-0.05, 0) is 93.9 Å². The van der Waals surface area contributed by atoms with Crippen LogP contribution in [0.5, 0.6) is 0 Å². The zero-order valence-electron chi connectivity index (χ0n) is 42.9. The van der Waals surface area contributed by atoms with E-state index < -0.39 is 26.7 Å². The van der Waals surface area contributed by atoms with E-state index in [0.717, 1.165) is 44.4 Å². The van der Waals surface area contributed by atoms with E-state index in [0.29, 0.717) is 33.8 Å². The molecular weight excluding hydrogens is 963 g/mol. The third kappa shape index (κ3) is 9.46. The van der Waals surface area contributed by atoms with Gasteiger partial charge in [0.25, 0.3) is 0 Å². The van der Waals surface area contributed by atoms with Gasteiger partial charge in [-0.1, -0.05) is 151 Å². The minimum Gasteiger partial charge on any atom is -0.501 e. The second-order valence-electron chi connectivity index (χ2n) is 18.8. The second kappa shape index (κ2) is 18.4. The molecule has 0 unspecified atom stereocenters. The number of rotatable bonds is 8. The molecule has 0 bridgehead atoms. The molecule has 0 fully saturated rings. The summed E-state index contributed by atoms with van der Waals surface area (Å²) >= 11 is 0. The number of hydrogen-bond acceptors (Lipinski definition) is 3. The van der Waals surface area contributed by atoms with Crippen LogP contribution in [0.4, 0.5) is 0 Å². The fourth-order valence-corrected chi connectivity index (χ4v) is 10.1. The molecule has 0 amide bonds. The Morgan fingerprint density at radius 1 is 0.730 bits per heavy atom. The van der Waals surface area contributed by atoms with Crippen molar-refractivity contribution in [1.29, 1.82) is 0 Å². The van der Waals surface area contributed by atoms with Crippen LogP contribution < -0.4 is 5.19 Å². The number of benzene rings is 6. The Hall–Kier alpha value is -5.39. The van der Waals surface area contributed by atoms with Crippen LogP contribution in [0.25, 0.3) is 72.4 Å². The first kappa shape index (κ1) is 39.2. The van der Waals surface area contributed by atoms with Gasteiger partial charge >= 0.3 is 0 Å². The van der Waals surface area contributed by atoms with Crippen LogP contribution >= 0.6 is 0 Å². The van der Waals surface area contributed by atoms with Crippen molar-refractivity contribution in [2.45, 2.75) is 93.2 Å². The van der Waals surface area contributed by atoms with E-state index in [4.69, 9.17) is 16.3 Å². The summed E-state index contributed by atoms with van der Waals surface area (Å²) in [5, 5.41) is 2.78. The summed E-state index contributed by atoms with van der Waals surface area (Å²) in [5.74, 6) is 1.45. The number of imidazole rings is 1. The molecule has 6 heteroatoms. The van der Waals surface area contributed by atoms with E-state index in [-0.39, 0.29) is 25.8 Å². The van der Waals surface area contributed by atoms with E-state index >= 15 is 0 Å². The monoisotopic (exact) mass is 1030 g/mol. The number of para-hydroxylation sites is 3. The van der Waals surface area contributed by atoms with E-state index in [9.17, 15) is 0 Å². The maximum Gasteiger partial charge on any atom is 0.120 e. The first-order valence-corrected chi connectivity index (χ1v) is 25.1. The van der Waals surface area contributed by atoms with E-state index in [2.05, 4.69) is 134 Å². The van der Waals surface area contributed by atoms with Gasteiger partial charge in [-0.3, -0.25) is 4.98 Å². The molecule has 3 heterocycles. The Kier molecular flexibility index (Phi) is 11.4. The van der Waals surface area contributed by atoms with E-state index in [1.807, 2.05) is 76.8 Å². The van der Waals surface area contributed by atoms with Gasteiger partial charge in [0.1, 0.15) is 5.58 Å². The molecule has 0 atom stereocenters. The average molecular weight is 1030 g/mol. The molecule has 6 aromatic carbocycles. The summed E-state index contributed by atoms with van der Waals surface area (Å²) in [6.07, 6.45) is -1.71. The second-order valence-corrected chi connectivity index (χ2v) is 23.8. The molecule has 323 valence electrons. The smallest absolute Gasteiger partial charge is 0.120 e. The van der Waals surface area contributed by atoms with Crippen molar-refractivity contribution in [3.8, 4) is 39.5 Å². The van der Waals surface area contributed by atoms with Gasteiger partial charge in [0.15, 0.2) is 0 Å². The van der Waals surface area contributed by atoms with E-state index in [1.54, 1.807) is 12.1 Å². The molecule has 0 saturated heterocycles. The van der Waals surface area contributed by atoms with Crippen LogP contribution in [0.1, 0.15) is 89.5 Å². The van der Waals surface area contributed by atoms with Crippen LogP contribution in [-0.2, 0) is 26.5 Å². The molecule has 0 saturated carbocycles. The number of nitrogens with zero attached hydrogens (tertiary/aromatic N) is 3. The minimum atomic E-state index is -2.41. The van der Waals surface area contributed by atoms with Crippen LogP contribution in [-0.4, -0.2) is 22.6 Å². The Morgan fingerprint density at radius 2 is 1.40 bits per heavy atom. The quantitative estimate of drug-likeness (QED) is 0.113. The van der Waals surface area contributed by atoms with Gasteiger partial charge in [-0.15, -0.1) is 54.1 Å². The minimum absolute atomic E-state index is 0. The van der Waals surface area contributed by atoms with Crippen molar-refractivity contribution >= 4 is 46.2 Å². The summed E-state index contributed by atoms with van der Waals surface area (Å²) in [4.78, 5) is 9.74. The molecule has 0 aliphatic heterocycles. The molecule has 9 rings (SSSR count). The van der Waals surface area contributed by atoms with Gasteiger partial charge in [0.2, 0.25) is 0 Å². The van der Waals surface area contributed by atoms with E-state index in [1.165, 1.54) is 27.9 Å². The summed E-state index contributed by atoms with van der Waals surface area (Å²) in [6, 6.07) is 51.7. The predicted molar refractivity (Wildman–Crippen MR) is 266 cm³/mol. The van der Waals surface area contributed by atoms with Crippen molar-refractivity contribution in [2.75, 3.05) is 0 Å². The summed E-state index contributed by atoms with van der Waals surface area (Å²) in [6.45, 7) is 18.3. The molecular formula is C57H59IrN3OSi-2. The number of fused-ring (bicyclic) bond motifs is 4. The first-order valence-electron chi connectivity index (χ1n) is 24.1. The molecule has 3 aromatic heterocycles. The number of aromatic nitrogens is 3. The number of aryl methyl sites for hydroxylation is 1. The van der Waals surface area contributed by atoms with Crippen molar-refractivity contribution in [3.05, 3.63) is 168 Å². The van der Waals surface area contributed by atoms with Crippen LogP contribution in [0, 0.1) is 24.4 Å². The topological polar surface area (TPSA) is 43.9 Å². The van der Waals surface area contributed by atoms with Gasteiger partial charge < -0.3 is 14.0 Å². The molecule has 0 aliphatic rings. The van der Waals surface area contributed by atoms with Gasteiger partial charge in [-0.25, -0.2) is 0 Å². The number of furan rings is 1. The van der Waals surface area contributed by atoms with Crippen LogP contribution in [0.15, 0.2) is 138 Å². The Morgan fingerprint density at radius 3 is 2.05 bits per heavy atom. The summed E-state index contributed by atoms with van der Waals surface area (Å²) < 4.78 is 50.8. The van der Waals surface area contributed by atoms with Gasteiger partial charge in [-0.2, -0.15) is 0 Å². The first-order chi connectivity index (χ1) is 31.6. The van der Waals surface area contributed by atoms with Crippen molar-refractivity contribution in [2.24, 2.45) is 5.41 Å². The Labute approximate surface area is 396 Å². The van der Waals surface area contributed by atoms with Crippen molar-refractivity contribution < 1.29 is 31.4 Å². The largest absolute Gasteiger partial charge is 0.501 e. The van der Waals surface area contributed by atoms with Crippen molar-refractivity contribution in [1.82, 2.24) is 14.5 Å². The average Bonchev–Trinajstić information content (AvgIpc) is 3.87. The fraction of sp³-hybridized carbons (Fsp3) is 0.263. The molecule has 0 aliphatic carbocycles. The third-order valence-corrected chi connectivity index (χ3v) is 13.1. The summed E-state index contributed by atoms with van der Waals surface area (Å²) in [7, 11) is -2.22. The molecule has 9 aromatic rings. The zero-order valence-corrected chi connectivity index (χ0v) is 41.3. The van der Waals surface area contributed by atoms with Gasteiger partial charge in [0.05, 0.1) is 30.5 Å². The zero-order chi connectivity index (χ0) is 48.2. The molecule has 0 spiro atoms.